The van der Waals surface area contributed by atoms with Gasteiger partial charge in [0.1, 0.15) is 0 Å². The maximum Gasteiger partial charge on any atom is 0.0947 e. The minimum atomic E-state index is 0.286. The number of hydrogen-bond acceptors (Lipinski definition) is 5. The van der Waals surface area contributed by atoms with E-state index in [-0.39, 0.29) is 5.41 Å². The second-order valence-corrected chi connectivity index (χ2v) is 6.41. The van der Waals surface area contributed by atoms with Gasteiger partial charge >= 0.3 is 0 Å². The third-order valence-corrected chi connectivity index (χ3v) is 4.63. The molecule has 21 heavy (non-hydrogen) atoms. The number of ether oxygens (including phenoxy) is 2. The SMILES string of the molecule is COCCN1CC[C@]2(COCCN(Cc3ccoc3)C2)C1. The van der Waals surface area contributed by atoms with E-state index in [4.69, 9.17) is 13.9 Å². The lowest BCUT2D eigenvalue weighted by Gasteiger charge is -2.31. The van der Waals surface area contributed by atoms with Crippen LogP contribution in [0.3, 0.4) is 0 Å². The molecule has 2 aliphatic rings. The predicted molar refractivity (Wildman–Crippen MR) is 80.2 cm³/mol. The maximum absolute atomic E-state index is 5.91. The average molecular weight is 294 g/mol. The van der Waals surface area contributed by atoms with Crippen molar-refractivity contribution in [1.82, 2.24) is 9.80 Å². The second-order valence-electron chi connectivity index (χ2n) is 6.41. The van der Waals surface area contributed by atoms with Crippen molar-refractivity contribution in [2.75, 3.05) is 59.7 Å². The van der Waals surface area contributed by atoms with Gasteiger partial charge < -0.3 is 18.8 Å². The van der Waals surface area contributed by atoms with E-state index in [1.54, 1.807) is 13.4 Å². The number of rotatable bonds is 5. The molecule has 2 fully saturated rings. The maximum atomic E-state index is 5.91. The van der Waals surface area contributed by atoms with Gasteiger partial charge in [-0.15, -0.1) is 0 Å². The summed E-state index contributed by atoms with van der Waals surface area (Å²) < 4.78 is 16.3. The molecule has 3 rings (SSSR count). The largest absolute Gasteiger partial charge is 0.472 e. The summed E-state index contributed by atoms with van der Waals surface area (Å²) in [6, 6.07) is 2.05. The number of nitrogens with zero attached hydrogens (tertiary/aromatic N) is 2. The molecular weight excluding hydrogens is 268 g/mol. The van der Waals surface area contributed by atoms with E-state index in [2.05, 4.69) is 15.9 Å². The van der Waals surface area contributed by atoms with Crippen molar-refractivity contribution in [2.45, 2.75) is 13.0 Å². The first kappa shape index (κ1) is 15.0. The van der Waals surface area contributed by atoms with Crippen LogP contribution in [0.25, 0.3) is 0 Å². The normalized spacial score (nSPS) is 28.2. The fourth-order valence-corrected chi connectivity index (χ4v) is 3.54. The van der Waals surface area contributed by atoms with E-state index in [1.165, 1.54) is 12.0 Å². The number of methoxy groups -OCH3 is 1. The first-order valence-electron chi connectivity index (χ1n) is 7.82. The molecule has 0 aliphatic carbocycles. The summed E-state index contributed by atoms with van der Waals surface area (Å²) >= 11 is 0. The van der Waals surface area contributed by atoms with E-state index in [9.17, 15) is 0 Å². The van der Waals surface area contributed by atoms with E-state index in [1.807, 2.05) is 6.26 Å². The Morgan fingerprint density at radius 2 is 2.19 bits per heavy atom. The molecule has 5 heteroatoms. The van der Waals surface area contributed by atoms with Crippen LogP contribution in [0.1, 0.15) is 12.0 Å². The summed E-state index contributed by atoms with van der Waals surface area (Å²) in [6.45, 7) is 8.92. The second kappa shape index (κ2) is 6.92. The molecule has 118 valence electrons. The molecule has 0 radical (unpaired) electrons. The molecule has 2 aliphatic heterocycles. The highest BCUT2D eigenvalue weighted by atomic mass is 16.5. The third kappa shape index (κ3) is 3.86. The highest BCUT2D eigenvalue weighted by Crippen LogP contribution is 2.33. The molecule has 0 bridgehead atoms. The van der Waals surface area contributed by atoms with Crippen molar-refractivity contribution in [3.05, 3.63) is 24.2 Å². The van der Waals surface area contributed by atoms with Gasteiger partial charge in [0.25, 0.3) is 0 Å². The van der Waals surface area contributed by atoms with Crippen molar-refractivity contribution < 1.29 is 13.9 Å². The minimum absolute atomic E-state index is 0.286. The van der Waals surface area contributed by atoms with Gasteiger partial charge in [0.15, 0.2) is 0 Å². The van der Waals surface area contributed by atoms with Crippen LogP contribution in [0.4, 0.5) is 0 Å². The zero-order valence-corrected chi connectivity index (χ0v) is 12.9. The molecule has 1 aromatic heterocycles. The van der Waals surface area contributed by atoms with E-state index >= 15 is 0 Å². The topological polar surface area (TPSA) is 38.1 Å². The van der Waals surface area contributed by atoms with E-state index in [0.717, 1.165) is 59.1 Å². The van der Waals surface area contributed by atoms with Crippen LogP contribution >= 0.6 is 0 Å². The summed E-state index contributed by atoms with van der Waals surface area (Å²) in [6.07, 6.45) is 4.82. The van der Waals surface area contributed by atoms with Gasteiger partial charge in [-0.3, -0.25) is 4.90 Å². The fraction of sp³-hybridized carbons (Fsp3) is 0.750. The molecule has 2 saturated heterocycles. The Balaban J connectivity index is 1.59. The van der Waals surface area contributed by atoms with Crippen molar-refractivity contribution >= 4 is 0 Å². The number of hydrogen-bond donors (Lipinski definition) is 0. The summed E-state index contributed by atoms with van der Waals surface area (Å²) in [4.78, 5) is 5.02. The van der Waals surface area contributed by atoms with Crippen LogP contribution in [0.5, 0.6) is 0 Å². The van der Waals surface area contributed by atoms with Gasteiger partial charge in [0.2, 0.25) is 0 Å². The van der Waals surface area contributed by atoms with Crippen LogP contribution in [0.2, 0.25) is 0 Å². The lowest BCUT2D eigenvalue weighted by Crippen LogP contribution is -2.40. The quantitative estimate of drug-likeness (QED) is 0.822. The Bertz CT molecular complexity index is 423. The molecule has 1 aromatic rings. The standard InChI is InChI=1S/C16H26N2O3/c1-19-8-5-17-4-3-16(12-17)13-18(6-9-21-14-16)10-15-2-7-20-11-15/h2,7,11H,3-6,8-10,12-14H2,1H3/t16-/m0/s1. The summed E-state index contributed by atoms with van der Waals surface area (Å²) in [5, 5.41) is 0. The molecule has 0 saturated carbocycles. The molecule has 0 unspecified atom stereocenters. The van der Waals surface area contributed by atoms with Crippen LogP contribution in [0.15, 0.2) is 23.0 Å². The Morgan fingerprint density at radius 1 is 1.29 bits per heavy atom. The van der Waals surface area contributed by atoms with Crippen LogP contribution < -0.4 is 0 Å². The van der Waals surface area contributed by atoms with Gasteiger partial charge in [-0.1, -0.05) is 0 Å². The van der Waals surface area contributed by atoms with E-state index in [0.29, 0.717) is 0 Å². The first-order valence-corrected chi connectivity index (χ1v) is 7.82. The zero-order chi connectivity index (χ0) is 14.5. The molecule has 1 spiro atoms. The predicted octanol–water partition coefficient (Wildman–Crippen LogP) is 1.45. The first-order chi connectivity index (χ1) is 10.3. The summed E-state index contributed by atoms with van der Waals surface area (Å²) in [7, 11) is 1.77. The number of furan rings is 1. The van der Waals surface area contributed by atoms with Crippen molar-refractivity contribution in [3.63, 3.8) is 0 Å². The monoisotopic (exact) mass is 294 g/mol. The van der Waals surface area contributed by atoms with Gasteiger partial charge in [0.05, 0.1) is 32.3 Å². The molecule has 3 heterocycles. The van der Waals surface area contributed by atoms with Gasteiger partial charge in [-0.25, -0.2) is 0 Å². The van der Waals surface area contributed by atoms with Gasteiger partial charge in [-0.05, 0) is 19.0 Å². The van der Waals surface area contributed by atoms with Crippen LogP contribution in [-0.4, -0.2) is 69.5 Å². The summed E-state index contributed by atoms with van der Waals surface area (Å²) in [5.41, 5.74) is 1.54. The Morgan fingerprint density at radius 3 is 3.00 bits per heavy atom. The smallest absolute Gasteiger partial charge is 0.0947 e. The highest BCUT2D eigenvalue weighted by Gasteiger charge is 2.40. The van der Waals surface area contributed by atoms with Gasteiger partial charge in [0, 0.05) is 50.8 Å². The van der Waals surface area contributed by atoms with E-state index < -0.39 is 0 Å². The summed E-state index contributed by atoms with van der Waals surface area (Å²) in [5.74, 6) is 0. The molecule has 5 nitrogen and oxygen atoms in total. The van der Waals surface area contributed by atoms with Crippen molar-refractivity contribution in [1.29, 1.82) is 0 Å². The van der Waals surface area contributed by atoms with Crippen molar-refractivity contribution in [2.24, 2.45) is 5.41 Å². The van der Waals surface area contributed by atoms with Crippen LogP contribution in [0, 0.1) is 5.41 Å². The van der Waals surface area contributed by atoms with Crippen molar-refractivity contribution in [3.8, 4) is 0 Å². The lowest BCUT2D eigenvalue weighted by atomic mass is 9.87. The molecular formula is C16H26N2O3. The Kier molecular flexibility index (Phi) is 4.95. The third-order valence-electron chi connectivity index (χ3n) is 4.63. The highest BCUT2D eigenvalue weighted by molar-refractivity contribution is 5.05. The molecule has 0 aromatic carbocycles. The fourth-order valence-electron chi connectivity index (χ4n) is 3.54. The van der Waals surface area contributed by atoms with Crippen LogP contribution in [-0.2, 0) is 16.0 Å². The Hall–Kier alpha value is -0.880. The zero-order valence-electron chi connectivity index (χ0n) is 12.9. The average Bonchev–Trinajstić information content (AvgIpc) is 3.07. The molecule has 1 atom stereocenters. The number of likely N-dealkylation sites (tertiary alicyclic amines) is 1. The van der Waals surface area contributed by atoms with Gasteiger partial charge in [-0.2, -0.15) is 0 Å². The minimum Gasteiger partial charge on any atom is -0.472 e. The Labute approximate surface area is 126 Å². The molecule has 0 amide bonds. The lowest BCUT2D eigenvalue weighted by molar-refractivity contribution is 0.0682. The molecule has 0 N–H and O–H groups in total.